The highest BCUT2D eigenvalue weighted by Gasteiger charge is 2.21. The molecule has 0 saturated carbocycles. The second-order valence-corrected chi connectivity index (χ2v) is 6.24. The fourth-order valence-electron chi connectivity index (χ4n) is 2.08. The molecule has 2 rings (SSSR count). The van der Waals surface area contributed by atoms with Crippen LogP contribution in [0.5, 0.6) is 0 Å². The highest BCUT2D eigenvalue weighted by Crippen LogP contribution is 2.30. The molecule has 0 spiro atoms. The normalized spacial score (nSPS) is 12.0. The van der Waals surface area contributed by atoms with E-state index in [0.29, 0.717) is 10.8 Å². The molecular weight excluding hydrogens is 300 g/mol. The Kier molecular flexibility index (Phi) is 4.43. The first-order chi connectivity index (χ1) is 9.83. The van der Waals surface area contributed by atoms with Crippen LogP contribution in [0.4, 0.5) is 14.5 Å². The summed E-state index contributed by atoms with van der Waals surface area (Å²) in [6.45, 7) is -1.15. The Labute approximate surface area is 122 Å². The van der Waals surface area contributed by atoms with Crippen molar-refractivity contribution in [3.8, 4) is 0 Å². The first kappa shape index (κ1) is 15.7. The van der Waals surface area contributed by atoms with E-state index >= 15 is 0 Å². The van der Waals surface area contributed by atoms with Crippen molar-refractivity contribution in [3.63, 3.8) is 0 Å². The van der Waals surface area contributed by atoms with E-state index in [1.807, 2.05) is 25.1 Å². The maximum absolute atomic E-state index is 12.2. The van der Waals surface area contributed by atoms with Gasteiger partial charge in [0.15, 0.2) is 0 Å². The smallest absolute Gasteiger partial charge is 0.297 e. The highest BCUT2D eigenvalue weighted by molar-refractivity contribution is 7.87. The minimum Gasteiger partial charge on any atom is -0.377 e. The van der Waals surface area contributed by atoms with Crippen molar-refractivity contribution in [3.05, 3.63) is 36.4 Å². The van der Waals surface area contributed by atoms with Crippen molar-refractivity contribution in [1.29, 1.82) is 0 Å². The Morgan fingerprint density at radius 3 is 2.33 bits per heavy atom. The van der Waals surface area contributed by atoms with E-state index in [1.165, 1.54) is 6.07 Å². The number of hydrogen-bond donors (Lipinski definition) is 0. The van der Waals surface area contributed by atoms with Gasteiger partial charge in [0.25, 0.3) is 16.5 Å². The zero-order valence-corrected chi connectivity index (χ0v) is 12.4. The third kappa shape index (κ3) is 3.30. The van der Waals surface area contributed by atoms with Gasteiger partial charge in [-0.2, -0.15) is 8.42 Å². The van der Waals surface area contributed by atoms with Crippen molar-refractivity contribution >= 4 is 26.6 Å². The van der Waals surface area contributed by atoms with E-state index < -0.39 is 23.2 Å². The summed E-state index contributed by atoms with van der Waals surface area (Å²) in [6, 6.07) is 9.87. The summed E-state index contributed by atoms with van der Waals surface area (Å²) in [4.78, 5) is 1.74. The maximum atomic E-state index is 12.2. The number of alkyl halides is 2. The second-order valence-electron chi connectivity index (χ2n) is 4.65. The minimum atomic E-state index is -4.22. The average Bonchev–Trinajstić information content (AvgIpc) is 2.43. The van der Waals surface area contributed by atoms with Crippen LogP contribution in [0.2, 0.25) is 0 Å². The number of nitrogens with zero attached hydrogens (tertiary/aromatic N) is 1. The van der Waals surface area contributed by atoms with Crippen LogP contribution in [0.25, 0.3) is 10.8 Å². The first-order valence-electron chi connectivity index (χ1n) is 6.19. The minimum absolute atomic E-state index is 0.107. The standard InChI is InChI=1S/C14H15F2NO3S/c1-17(2)12-7-3-6-11-10(12)5-4-8-13(11)21(18,19)20-9-14(15)16/h3-8,14H,9H2,1-2H3. The lowest BCUT2D eigenvalue weighted by atomic mass is 10.1. The zero-order chi connectivity index (χ0) is 15.6. The highest BCUT2D eigenvalue weighted by atomic mass is 32.2. The largest absolute Gasteiger partial charge is 0.377 e. The quantitative estimate of drug-likeness (QED) is 0.796. The predicted octanol–water partition coefficient (Wildman–Crippen LogP) is 2.88. The van der Waals surface area contributed by atoms with Crippen molar-refractivity contribution in [1.82, 2.24) is 0 Å². The molecule has 0 unspecified atom stereocenters. The number of hydrogen-bond acceptors (Lipinski definition) is 4. The van der Waals surface area contributed by atoms with Crippen molar-refractivity contribution in [2.45, 2.75) is 11.3 Å². The number of rotatable bonds is 5. The van der Waals surface area contributed by atoms with Gasteiger partial charge in [0.2, 0.25) is 0 Å². The van der Waals surface area contributed by atoms with Crippen LogP contribution < -0.4 is 4.90 Å². The van der Waals surface area contributed by atoms with Crippen LogP contribution in [-0.4, -0.2) is 35.5 Å². The number of fused-ring (bicyclic) bond motifs is 1. The molecule has 4 nitrogen and oxygen atoms in total. The molecular formula is C14H15F2NO3S. The lowest BCUT2D eigenvalue weighted by molar-refractivity contribution is 0.0849. The molecule has 0 N–H and O–H groups in total. The van der Waals surface area contributed by atoms with Gasteiger partial charge >= 0.3 is 0 Å². The second kappa shape index (κ2) is 5.95. The van der Waals surface area contributed by atoms with Gasteiger partial charge in [-0.3, -0.25) is 4.18 Å². The lowest BCUT2D eigenvalue weighted by Crippen LogP contribution is -2.13. The monoisotopic (exact) mass is 315 g/mol. The molecule has 0 aliphatic carbocycles. The van der Waals surface area contributed by atoms with E-state index in [9.17, 15) is 17.2 Å². The van der Waals surface area contributed by atoms with E-state index in [1.54, 1.807) is 24.3 Å². The molecule has 0 radical (unpaired) electrons. The molecule has 0 saturated heterocycles. The molecule has 0 bridgehead atoms. The van der Waals surface area contributed by atoms with Gasteiger partial charge in [0, 0.05) is 30.6 Å². The van der Waals surface area contributed by atoms with Crippen LogP contribution in [0.1, 0.15) is 0 Å². The number of anilines is 1. The number of halogens is 2. The summed E-state index contributed by atoms with van der Waals surface area (Å²) in [7, 11) is -0.550. The van der Waals surface area contributed by atoms with E-state index in [-0.39, 0.29) is 4.90 Å². The lowest BCUT2D eigenvalue weighted by Gasteiger charge is -2.16. The molecule has 2 aromatic rings. The summed E-state index contributed by atoms with van der Waals surface area (Å²) in [5.74, 6) is 0. The molecule has 0 amide bonds. The van der Waals surface area contributed by atoms with Gasteiger partial charge in [0.1, 0.15) is 11.5 Å². The van der Waals surface area contributed by atoms with Crippen LogP contribution in [0.15, 0.2) is 41.3 Å². The molecule has 0 aliphatic heterocycles. The Hall–Kier alpha value is -1.73. The molecule has 0 aromatic heterocycles. The fraction of sp³-hybridized carbons (Fsp3) is 0.286. The topological polar surface area (TPSA) is 46.6 Å². The van der Waals surface area contributed by atoms with Gasteiger partial charge in [0.05, 0.1) is 0 Å². The van der Waals surface area contributed by atoms with Gasteiger partial charge in [-0.05, 0) is 12.1 Å². The molecule has 2 aromatic carbocycles. The summed E-state index contributed by atoms with van der Waals surface area (Å²) < 4.78 is 52.9. The Morgan fingerprint density at radius 2 is 1.71 bits per heavy atom. The maximum Gasteiger partial charge on any atom is 0.297 e. The fourth-order valence-corrected chi connectivity index (χ4v) is 3.18. The van der Waals surface area contributed by atoms with Crippen LogP contribution in [0.3, 0.4) is 0 Å². The van der Waals surface area contributed by atoms with Crippen molar-refractivity contribution in [2.24, 2.45) is 0 Å². The van der Waals surface area contributed by atoms with E-state index in [0.717, 1.165) is 5.69 Å². The number of benzene rings is 2. The van der Waals surface area contributed by atoms with Gasteiger partial charge in [-0.15, -0.1) is 0 Å². The third-order valence-electron chi connectivity index (χ3n) is 2.96. The van der Waals surface area contributed by atoms with Crippen LogP contribution in [0, 0.1) is 0 Å². The third-order valence-corrected chi connectivity index (χ3v) is 4.30. The Morgan fingerprint density at radius 1 is 1.10 bits per heavy atom. The molecule has 21 heavy (non-hydrogen) atoms. The van der Waals surface area contributed by atoms with E-state index in [4.69, 9.17) is 0 Å². The average molecular weight is 315 g/mol. The zero-order valence-electron chi connectivity index (χ0n) is 11.6. The Balaban J connectivity index is 2.58. The van der Waals surface area contributed by atoms with Gasteiger partial charge in [-0.25, -0.2) is 8.78 Å². The van der Waals surface area contributed by atoms with Crippen LogP contribution >= 0.6 is 0 Å². The van der Waals surface area contributed by atoms with Gasteiger partial charge in [-0.1, -0.05) is 24.3 Å². The summed E-state index contributed by atoms with van der Waals surface area (Å²) in [6.07, 6.45) is -2.84. The molecule has 0 aliphatic rings. The molecule has 0 fully saturated rings. The molecule has 114 valence electrons. The molecule has 0 heterocycles. The van der Waals surface area contributed by atoms with Gasteiger partial charge < -0.3 is 4.90 Å². The van der Waals surface area contributed by atoms with Crippen molar-refractivity contribution in [2.75, 3.05) is 25.6 Å². The predicted molar refractivity (Wildman–Crippen MR) is 77.4 cm³/mol. The summed E-state index contributed by atoms with van der Waals surface area (Å²) >= 11 is 0. The summed E-state index contributed by atoms with van der Waals surface area (Å²) in [5.41, 5.74) is 0.832. The van der Waals surface area contributed by atoms with Crippen LogP contribution in [-0.2, 0) is 14.3 Å². The van der Waals surface area contributed by atoms with E-state index in [2.05, 4.69) is 4.18 Å². The Bertz CT molecular complexity index is 745. The molecule has 0 atom stereocenters. The van der Waals surface area contributed by atoms with Crippen molar-refractivity contribution < 1.29 is 21.4 Å². The molecule has 7 heteroatoms. The SMILES string of the molecule is CN(C)c1cccc2c(S(=O)(=O)OCC(F)F)cccc12. The first-order valence-corrected chi connectivity index (χ1v) is 7.60. The summed E-state index contributed by atoms with van der Waals surface area (Å²) in [5, 5.41) is 1.15.